The van der Waals surface area contributed by atoms with E-state index in [-0.39, 0.29) is 5.91 Å². The Labute approximate surface area is 216 Å². The lowest BCUT2D eigenvalue weighted by molar-refractivity contribution is 0.102. The molecule has 0 saturated carbocycles. The van der Waals surface area contributed by atoms with Crippen LogP contribution in [0.5, 0.6) is 0 Å². The van der Waals surface area contributed by atoms with Crippen molar-refractivity contribution in [3.05, 3.63) is 118 Å². The predicted octanol–water partition coefficient (Wildman–Crippen LogP) is 7.48. The predicted molar refractivity (Wildman–Crippen MR) is 145 cm³/mol. The van der Waals surface area contributed by atoms with Crippen LogP contribution in [0, 0.1) is 6.92 Å². The summed E-state index contributed by atoms with van der Waals surface area (Å²) in [6.45, 7) is 1.98. The van der Waals surface area contributed by atoms with E-state index in [1.807, 2.05) is 43.3 Å². The highest BCUT2D eigenvalue weighted by atomic mass is 35.5. The number of hydrogen-bond donors (Lipinski definition) is 1. The summed E-state index contributed by atoms with van der Waals surface area (Å²) in [7, 11) is 0. The molecule has 0 aliphatic rings. The highest BCUT2D eigenvalue weighted by Crippen LogP contribution is 2.33. The lowest BCUT2D eigenvalue weighted by atomic mass is 10.0. The van der Waals surface area contributed by atoms with Crippen molar-refractivity contribution in [2.24, 2.45) is 0 Å². The number of aryl methyl sites for hydroxylation is 1. The molecule has 6 rings (SSSR count). The summed E-state index contributed by atoms with van der Waals surface area (Å²) >= 11 is 6.44. The molecule has 0 fully saturated rings. The fourth-order valence-corrected chi connectivity index (χ4v) is 4.41. The molecular formula is C30H19ClN2O4. The van der Waals surface area contributed by atoms with Crippen LogP contribution in [0.3, 0.4) is 0 Å². The third kappa shape index (κ3) is 4.39. The first kappa shape index (κ1) is 22.8. The molecule has 4 aromatic carbocycles. The smallest absolute Gasteiger partial charge is 0.344 e. The van der Waals surface area contributed by atoms with E-state index in [9.17, 15) is 9.59 Å². The molecule has 37 heavy (non-hydrogen) atoms. The summed E-state index contributed by atoms with van der Waals surface area (Å²) in [6, 6.07) is 26.8. The molecule has 0 aliphatic carbocycles. The normalized spacial score (nSPS) is 11.2. The van der Waals surface area contributed by atoms with E-state index in [0.717, 1.165) is 16.5 Å². The number of fused-ring (bicyclic) bond motifs is 2. The Hall–Kier alpha value is -4.68. The number of aromatic nitrogens is 1. The van der Waals surface area contributed by atoms with Gasteiger partial charge in [0.05, 0.1) is 16.1 Å². The third-order valence-electron chi connectivity index (χ3n) is 6.07. The standard InChI is InChI=1S/C30H19ClN2O4/c1-17-9-12-27-25(13-17)33-29(36-27)23-16-21(10-11-24(23)31)32-28(34)20-7-4-6-18(14-20)22-15-19-5-2-3-8-26(19)37-30(22)35/h2-16H,1H3,(H,32,34). The molecule has 0 bridgehead atoms. The highest BCUT2D eigenvalue weighted by Gasteiger charge is 2.15. The van der Waals surface area contributed by atoms with Crippen molar-refractivity contribution >= 4 is 45.3 Å². The van der Waals surface area contributed by atoms with E-state index in [2.05, 4.69) is 10.3 Å². The van der Waals surface area contributed by atoms with Crippen molar-refractivity contribution in [3.63, 3.8) is 0 Å². The van der Waals surface area contributed by atoms with E-state index in [1.54, 1.807) is 54.6 Å². The SMILES string of the molecule is Cc1ccc2oc(-c3cc(NC(=O)c4cccc(-c5cc6ccccc6oc5=O)c4)ccc3Cl)nc2c1. The number of nitrogens with one attached hydrogen (secondary N) is 1. The minimum atomic E-state index is -0.466. The molecule has 0 unspecified atom stereocenters. The second kappa shape index (κ2) is 9.08. The second-order valence-corrected chi connectivity index (χ2v) is 9.11. The Balaban J connectivity index is 1.30. The summed E-state index contributed by atoms with van der Waals surface area (Å²) in [4.78, 5) is 30.3. The lowest BCUT2D eigenvalue weighted by Crippen LogP contribution is -2.12. The second-order valence-electron chi connectivity index (χ2n) is 8.71. The van der Waals surface area contributed by atoms with Gasteiger partial charge in [0.15, 0.2) is 5.58 Å². The first-order chi connectivity index (χ1) is 17.9. The summed E-state index contributed by atoms with van der Waals surface area (Å²) in [5.74, 6) is 0.0280. The van der Waals surface area contributed by atoms with Gasteiger partial charge in [0, 0.05) is 16.6 Å². The van der Waals surface area contributed by atoms with Gasteiger partial charge in [-0.25, -0.2) is 9.78 Å². The van der Waals surface area contributed by atoms with Crippen LogP contribution in [-0.2, 0) is 0 Å². The van der Waals surface area contributed by atoms with E-state index in [0.29, 0.717) is 50.0 Å². The van der Waals surface area contributed by atoms with Gasteiger partial charge in [0.2, 0.25) is 5.89 Å². The zero-order chi connectivity index (χ0) is 25.5. The van der Waals surface area contributed by atoms with E-state index in [1.165, 1.54) is 0 Å². The molecule has 6 nitrogen and oxygen atoms in total. The minimum absolute atomic E-state index is 0.339. The Kier molecular flexibility index (Phi) is 5.58. The molecule has 1 amide bonds. The molecule has 2 aromatic heterocycles. The van der Waals surface area contributed by atoms with Crippen LogP contribution in [0.25, 0.3) is 44.7 Å². The molecule has 2 heterocycles. The molecule has 0 radical (unpaired) electrons. The number of oxazole rings is 1. The first-order valence-corrected chi connectivity index (χ1v) is 11.9. The maximum atomic E-state index is 13.1. The maximum Gasteiger partial charge on any atom is 0.344 e. The molecule has 0 spiro atoms. The molecule has 0 aliphatic heterocycles. The number of benzene rings is 4. The number of para-hydroxylation sites is 1. The average molecular weight is 507 g/mol. The van der Waals surface area contributed by atoms with Crippen molar-refractivity contribution in [2.75, 3.05) is 5.32 Å². The van der Waals surface area contributed by atoms with Crippen molar-refractivity contribution in [3.8, 4) is 22.6 Å². The minimum Gasteiger partial charge on any atom is -0.436 e. The Morgan fingerprint density at radius 2 is 1.70 bits per heavy atom. The van der Waals surface area contributed by atoms with Gasteiger partial charge in [-0.3, -0.25) is 4.79 Å². The fraction of sp³-hybridized carbons (Fsp3) is 0.0333. The maximum absolute atomic E-state index is 13.1. The molecule has 1 N–H and O–H groups in total. The zero-order valence-corrected chi connectivity index (χ0v) is 20.4. The van der Waals surface area contributed by atoms with Gasteiger partial charge in [-0.05, 0) is 72.6 Å². The van der Waals surface area contributed by atoms with Gasteiger partial charge >= 0.3 is 5.63 Å². The van der Waals surface area contributed by atoms with Crippen LogP contribution in [0.1, 0.15) is 15.9 Å². The summed E-state index contributed by atoms with van der Waals surface area (Å²) in [5, 5.41) is 4.14. The molecule has 7 heteroatoms. The molecular weight excluding hydrogens is 488 g/mol. The number of amides is 1. The van der Waals surface area contributed by atoms with Crippen molar-refractivity contribution < 1.29 is 13.6 Å². The number of rotatable bonds is 4. The Bertz CT molecular complexity index is 1890. The first-order valence-electron chi connectivity index (χ1n) is 11.6. The Morgan fingerprint density at radius 1 is 0.838 bits per heavy atom. The number of halogens is 1. The Morgan fingerprint density at radius 3 is 2.59 bits per heavy atom. The number of carbonyl (C=O) groups excluding carboxylic acids is 1. The van der Waals surface area contributed by atoms with Crippen LogP contribution >= 0.6 is 11.6 Å². The average Bonchev–Trinajstić information content (AvgIpc) is 3.32. The van der Waals surface area contributed by atoms with Crippen LogP contribution in [0.4, 0.5) is 5.69 Å². The van der Waals surface area contributed by atoms with Gasteiger partial charge in [-0.1, -0.05) is 48.0 Å². The molecule has 0 atom stereocenters. The van der Waals surface area contributed by atoms with Crippen LogP contribution in [-0.4, -0.2) is 10.9 Å². The number of hydrogen-bond acceptors (Lipinski definition) is 5. The van der Waals surface area contributed by atoms with E-state index >= 15 is 0 Å². The number of carbonyl (C=O) groups is 1. The zero-order valence-electron chi connectivity index (χ0n) is 19.6. The van der Waals surface area contributed by atoms with Gasteiger partial charge in [0.25, 0.3) is 5.91 Å². The van der Waals surface area contributed by atoms with E-state index < -0.39 is 5.63 Å². The largest absolute Gasteiger partial charge is 0.436 e. The van der Waals surface area contributed by atoms with Crippen LogP contribution in [0.2, 0.25) is 5.02 Å². The lowest BCUT2D eigenvalue weighted by Gasteiger charge is -2.09. The monoisotopic (exact) mass is 506 g/mol. The van der Waals surface area contributed by atoms with Crippen molar-refractivity contribution in [1.29, 1.82) is 0 Å². The molecule has 180 valence electrons. The van der Waals surface area contributed by atoms with Gasteiger partial charge < -0.3 is 14.2 Å². The summed E-state index contributed by atoms with van der Waals surface area (Å²) in [6.07, 6.45) is 0. The topological polar surface area (TPSA) is 85.3 Å². The van der Waals surface area contributed by atoms with Crippen LogP contribution < -0.4 is 10.9 Å². The molecule has 0 saturated heterocycles. The summed E-state index contributed by atoms with van der Waals surface area (Å²) in [5.41, 5.74) is 4.96. The van der Waals surface area contributed by atoms with E-state index in [4.69, 9.17) is 20.4 Å². The van der Waals surface area contributed by atoms with Gasteiger partial charge in [-0.2, -0.15) is 0 Å². The fourth-order valence-electron chi connectivity index (χ4n) is 4.21. The number of anilines is 1. The third-order valence-corrected chi connectivity index (χ3v) is 6.40. The highest BCUT2D eigenvalue weighted by molar-refractivity contribution is 6.33. The van der Waals surface area contributed by atoms with Gasteiger partial charge in [0.1, 0.15) is 11.1 Å². The van der Waals surface area contributed by atoms with Crippen LogP contribution in [0.15, 0.2) is 105 Å². The molecule has 6 aromatic rings. The van der Waals surface area contributed by atoms with Gasteiger partial charge in [-0.15, -0.1) is 0 Å². The van der Waals surface area contributed by atoms with Crippen molar-refractivity contribution in [1.82, 2.24) is 4.98 Å². The quantitative estimate of drug-likeness (QED) is 0.250. The van der Waals surface area contributed by atoms with Crippen molar-refractivity contribution in [2.45, 2.75) is 6.92 Å². The summed E-state index contributed by atoms with van der Waals surface area (Å²) < 4.78 is 11.3. The number of nitrogens with zero attached hydrogens (tertiary/aromatic N) is 1.